The van der Waals surface area contributed by atoms with Crippen molar-refractivity contribution in [2.24, 2.45) is 0 Å². The molecule has 0 aliphatic heterocycles. The lowest BCUT2D eigenvalue weighted by Gasteiger charge is -2.25. The van der Waals surface area contributed by atoms with E-state index in [1.54, 1.807) is 18.2 Å². The maximum Gasteiger partial charge on any atom is 0.233 e. The van der Waals surface area contributed by atoms with Gasteiger partial charge in [-0.25, -0.2) is 4.39 Å². The van der Waals surface area contributed by atoms with Gasteiger partial charge in [-0.1, -0.05) is 12.1 Å². The Kier molecular flexibility index (Phi) is 8.02. The summed E-state index contributed by atoms with van der Waals surface area (Å²) in [5, 5.41) is 5.38. The highest BCUT2D eigenvalue weighted by Gasteiger charge is 2.19. The summed E-state index contributed by atoms with van der Waals surface area (Å²) in [6.45, 7) is 3.69. The number of benzene rings is 2. The summed E-state index contributed by atoms with van der Waals surface area (Å²) in [4.78, 5) is 26.5. The molecule has 0 saturated carbocycles. The average molecular weight is 404 g/mol. The van der Waals surface area contributed by atoms with Gasteiger partial charge in [-0.2, -0.15) is 0 Å². The molecule has 28 heavy (non-hydrogen) atoms. The van der Waals surface area contributed by atoms with Gasteiger partial charge in [0.1, 0.15) is 5.82 Å². The first-order chi connectivity index (χ1) is 13.3. The molecule has 0 fully saturated rings. The number of nitrogens with zero attached hydrogens (tertiary/aromatic N) is 1. The molecule has 0 radical (unpaired) electrons. The van der Waals surface area contributed by atoms with Crippen molar-refractivity contribution in [2.75, 3.05) is 26.0 Å². The minimum absolute atomic E-state index is 0.0841. The molecular weight excluding hydrogens is 377 g/mol. The van der Waals surface area contributed by atoms with Crippen molar-refractivity contribution >= 4 is 29.3 Å². The molecule has 5 nitrogen and oxygen atoms in total. The van der Waals surface area contributed by atoms with Crippen molar-refractivity contribution in [1.29, 1.82) is 0 Å². The van der Waals surface area contributed by atoms with E-state index >= 15 is 0 Å². The molecule has 2 atom stereocenters. The van der Waals surface area contributed by atoms with Gasteiger partial charge in [0.2, 0.25) is 11.8 Å². The molecule has 150 valence electrons. The number of nitrogens with one attached hydrogen (secondary N) is 2. The van der Waals surface area contributed by atoms with Crippen LogP contribution in [0.25, 0.3) is 0 Å². The zero-order chi connectivity index (χ0) is 20.7. The fraction of sp³-hybridized carbons (Fsp3) is 0.333. The van der Waals surface area contributed by atoms with Gasteiger partial charge in [0.15, 0.2) is 0 Å². The summed E-state index contributed by atoms with van der Waals surface area (Å²) < 4.78 is 13.5. The molecular formula is C21H26FN3O2S. The second-order valence-corrected chi connectivity index (χ2v) is 8.16. The Morgan fingerprint density at radius 1 is 1.14 bits per heavy atom. The van der Waals surface area contributed by atoms with Crippen LogP contribution in [0, 0.1) is 5.82 Å². The van der Waals surface area contributed by atoms with Gasteiger partial charge in [0.05, 0.1) is 11.3 Å². The highest BCUT2D eigenvalue weighted by atomic mass is 32.2. The largest absolute Gasteiger partial charge is 0.353 e. The Bertz CT molecular complexity index is 812. The fourth-order valence-electron chi connectivity index (χ4n) is 2.73. The summed E-state index contributed by atoms with van der Waals surface area (Å²) in [6.07, 6.45) is 0. The number of thioether (sulfide) groups is 1. The molecule has 0 aliphatic rings. The second-order valence-electron chi connectivity index (χ2n) is 6.75. The van der Waals surface area contributed by atoms with Crippen LogP contribution in [0.3, 0.4) is 0 Å². The first-order valence-corrected chi connectivity index (χ1v) is 9.88. The maximum atomic E-state index is 13.5. The van der Waals surface area contributed by atoms with Crippen molar-refractivity contribution in [1.82, 2.24) is 10.2 Å². The summed E-state index contributed by atoms with van der Waals surface area (Å²) >= 11 is 1.44. The van der Waals surface area contributed by atoms with Gasteiger partial charge in [-0.15, -0.1) is 11.8 Å². The summed E-state index contributed by atoms with van der Waals surface area (Å²) in [5.74, 6) is -0.497. The van der Waals surface area contributed by atoms with E-state index in [4.69, 9.17) is 0 Å². The van der Waals surface area contributed by atoms with Crippen LogP contribution in [0.4, 0.5) is 10.1 Å². The lowest BCUT2D eigenvalue weighted by Crippen LogP contribution is -2.38. The number of halogens is 1. The van der Waals surface area contributed by atoms with Gasteiger partial charge >= 0.3 is 0 Å². The van der Waals surface area contributed by atoms with Crippen molar-refractivity contribution in [3.8, 4) is 0 Å². The first kappa shape index (κ1) is 21.9. The van der Waals surface area contributed by atoms with Crippen LogP contribution in [0.5, 0.6) is 0 Å². The molecule has 0 unspecified atom stereocenters. The van der Waals surface area contributed by atoms with E-state index in [0.717, 1.165) is 16.1 Å². The number of anilines is 1. The Labute approximate surface area is 169 Å². The van der Waals surface area contributed by atoms with Crippen LogP contribution in [0.15, 0.2) is 53.4 Å². The third kappa shape index (κ3) is 6.65. The molecule has 0 aromatic heterocycles. The quantitative estimate of drug-likeness (QED) is 0.660. The third-order valence-electron chi connectivity index (χ3n) is 4.18. The minimum atomic E-state index is -0.290. The van der Waals surface area contributed by atoms with Gasteiger partial charge in [-0.05, 0) is 63.0 Å². The number of carbonyl (C=O) groups is 2. The topological polar surface area (TPSA) is 61.4 Å². The molecule has 0 spiro atoms. The Morgan fingerprint density at radius 2 is 1.82 bits per heavy atom. The Hall–Kier alpha value is -2.38. The summed E-state index contributed by atoms with van der Waals surface area (Å²) in [6, 6.07) is 13.7. The van der Waals surface area contributed by atoms with E-state index in [0.29, 0.717) is 6.54 Å². The molecule has 0 bridgehead atoms. The number of hydrogen-bond acceptors (Lipinski definition) is 4. The number of hydrogen-bond donors (Lipinski definition) is 2. The first-order valence-electron chi connectivity index (χ1n) is 9.00. The van der Waals surface area contributed by atoms with E-state index in [9.17, 15) is 14.0 Å². The van der Waals surface area contributed by atoms with Crippen molar-refractivity contribution < 1.29 is 14.0 Å². The molecule has 2 rings (SSSR count). The molecule has 2 amide bonds. The van der Waals surface area contributed by atoms with E-state index in [-0.39, 0.29) is 28.9 Å². The highest BCUT2D eigenvalue weighted by Crippen LogP contribution is 2.25. The number of carbonyl (C=O) groups excluding carboxylic acids is 2. The molecule has 7 heteroatoms. The minimum Gasteiger partial charge on any atom is -0.353 e. The number of amides is 2. The van der Waals surface area contributed by atoms with E-state index in [2.05, 4.69) is 10.6 Å². The van der Waals surface area contributed by atoms with Crippen molar-refractivity contribution in [3.63, 3.8) is 0 Å². The Morgan fingerprint density at radius 3 is 2.39 bits per heavy atom. The zero-order valence-corrected chi connectivity index (χ0v) is 17.3. The average Bonchev–Trinajstić information content (AvgIpc) is 2.62. The van der Waals surface area contributed by atoms with Crippen molar-refractivity contribution in [2.45, 2.75) is 30.0 Å². The molecule has 0 heterocycles. The van der Waals surface area contributed by atoms with E-state index in [1.165, 1.54) is 30.8 Å². The van der Waals surface area contributed by atoms with Crippen LogP contribution >= 0.6 is 11.8 Å². The zero-order valence-electron chi connectivity index (χ0n) is 16.5. The lowest BCUT2D eigenvalue weighted by atomic mass is 10.1. The van der Waals surface area contributed by atoms with E-state index < -0.39 is 0 Å². The van der Waals surface area contributed by atoms with Gasteiger partial charge < -0.3 is 15.5 Å². The number of rotatable bonds is 8. The molecule has 0 aliphatic carbocycles. The lowest BCUT2D eigenvalue weighted by molar-refractivity contribution is -0.120. The van der Waals surface area contributed by atoms with Gasteiger partial charge in [0, 0.05) is 24.1 Å². The maximum absolute atomic E-state index is 13.5. The Balaban J connectivity index is 1.92. The SMILES string of the molecule is CC(=O)Nc1ccc(S[C@H](C)C(=O)NC[C@@H](c2cccc(F)c2)N(C)C)cc1. The van der Waals surface area contributed by atoms with E-state index in [1.807, 2.05) is 44.1 Å². The van der Waals surface area contributed by atoms with Crippen LogP contribution in [0.2, 0.25) is 0 Å². The van der Waals surface area contributed by atoms with Crippen LogP contribution in [-0.4, -0.2) is 42.6 Å². The van der Waals surface area contributed by atoms with Gasteiger partial charge in [-0.3, -0.25) is 9.59 Å². The standard InChI is InChI=1S/C21H26FN3O2S/c1-14(28-19-10-8-18(9-11-19)24-15(2)26)21(27)23-13-20(25(3)4)16-6-5-7-17(22)12-16/h5-12,14,20H,13H2,1-4H3,(H,23,27)(H,24,26)/t14-,20+/m1/s1. The summed E-state index contributed by atoms with van der Waals surface area (Å²) in [5.41, 5.74) is 1.54. The van der Waals surface area contributed by atoms with Crippen LogP contribution < -0.4 is 10.6 Å². The monoisotopic (exact) mass is 403 g/mol. The van der Waals surface area contributed by atoms with Crippen LogP contribution in [-0.2, 0) is 9.59 Å². The number of likely N-dealkylation sites (N-methyl/N-ethyl adjacent to an activating group) is 1. The highest BCUT2D eigenvalue weighted by molar-refractivity contribution is 8.00. The molecule has 2 aromatic carbocycles. The van der Waals surface area contributed by atoms with Gasteiger partial charge in [0.25, 0.3) is 0 Å². The third-order valence-corrected chi connectivity index (χ3v) is 5.30. The molecule has 2 N–H and O–H groups in total. The molecule has 0 saturated heterocycles. The second kappa shape index (κ2) is 10.2. The predicted molar refractivity (Wildman–Crippen MR) is 112 cm³/mol. The predicted octanol–water partition coefficient (Wildman–Crippen LogP) is 3.68. The fourth-order valence-corrected chi connectivity index (χ4v) is 3.62. The van der Waals surface area contributed by atoms with Crippen molar-refractivity contribution in [3.05, 3.63) is 59.9 Å². The normalized spacial score (nSPS) is 13.1. The van der Waals surface area contributed by atoms with Crippen LogP contribution in [0.1, 0.15) is 25.5 Å². The smallest absolute Gasteiger partial charge is 0.233 e. The molecule has 2 aromatic rings. The summed E-state index contributed by atoms with van der Waals surface area (Å²) in [7, 11) is 3.80.